The van der Waals surface area contributed by atoms with Crippen molar-refractivity contribution in [2.24, 2.45) is 10.2 Å². The number of benzene rings is 1. The molecule has 0 unspecified atom stereocenters. The number of carbonyl (C=O) groups excluding carboxylic acids is 1. The highest BCUT2D eigenvalue weighted by Crippen LogP contribution is 2.21. The molecular formula is C16H22N4O2S. The largest absolute Gasteiger partial charge is 0.496 e. The molecule has 1 amide bonds. The number of hydrogen-bond acceptors (Lipinski definition) is 6. The van der Waals surface area contributed by atoms with Crippen molar-refractivity contribution >= 4 is 29.1 Å². The Hall–Kier alpha value is -1.86. The molecule has 2 rings (SSSR count). The van der Waals surface area contributed by atoms with E-state index in [2.05, 4.69) is 40.3 Å². The van der Waals surface area contributed by atoms with Crippen LogP contribution in [-0.2, 0) is 11.3 Å². The Morgan fingerprint density at radius 2 is 2.17 bits per heavy atom. The first-order valence-corrected chi connectivity index (χ1v) is 8.57. The minimum atomic E-state index is -0.0325. The average molecular weight is 334 g/mol. The number of amidine groups is 1. The van der Waals surface area contributed by atoms with Crippen LogP contribution in [-0.4, -0.2) is 48.1 Å². The fourth-order valence-electron chi connectivity index (χ4n) is 2.22. The third-order valence-corrected chi connectivity index (χ3v) is 4.40. The SMILES string of the molecule is CCN(CC)Cc1cc(C=NN=C2NC(=O)CS2)ccc1OC. The van der Waals surface area contributed by atoms with Crippen molar-refractivity contribution in [3.05, 3.63) is 29.3 Å². The summed E-state index contributed by atoms with van der Waals surface area (Å²) in [6.07, 6.45) is 1.68. The minimum absolute atomic E-state index is 0.0325. The Balaban J connectivity index is 2.11. The van der Waals surface area contributed by atoms with Gasteiger partial charge in [-0.1, -0.05) is 25.6 Å². The summed E-state index contributed by atoms with van der Waals surface area (Å²) in [5, 5.41) is 11.2. The predicted molar refractivity (Wildman–Crippen MR) is 95.2 cm³/mol. The molecule has 0 atom stereocenters. The van der Waals surface area contributed by atoms with E-state index < -0.39 is 0 Å². The molecule has 7 heteroatoms. The zero-order valence-electron chi connectivity index (χ0n) is 13.7. The van der Waals surface area contributed by atoms with Crippen molar-refractivity contribution < 1.29 is 9.53 Å². The van der Waals surface area contributed by atoms with Crippen LogP contribution in [0.3, 0.4) is 0 Å². The lowest BCUT2D eigenvalue weighted by molar-refractivity contribution is -0.116. The molecule has 1 saturated heterocycles. The fraction of sp³-hybridized carbons (Fsp3) is 0.438. The summed E-state index contributed by atoms with van der Waals surface area (Å²) in [7, 11) is 1.68. The van der Waals surface area contributed by atoms with Gasteiger partial charge in [0.15, 0.2) is 5.17 Å². The van der Waals surface area contributed by atoms with Gasteiger partial charge in [0.25, 0.3) is 0 Å². The van der Waals surface area contributed by atoms with Gasteiger partial charge in [-0.25, -0.2) is 0 Å². The highest BCUT2D eigenvalue weighted by Gasteiger charge is 2.15. The summed E-state index contributed by atoms with van der Waals surface area (Å²) in [6.45, 7) is 7.10. The van der Waals surface area contributed by atoms with Gasteiger partial charge >= 0.3 is 0 Å². The summed E-state index contributed by atoms with van der Waals surface area (Å²) < 4.78 is 5.44. The highest BCUT2D eigenvalue weighted by molar-refractivity contribution is 8.15. The van der Waals surface area contributed by atoms with Crippen molar-refractivity contribution in [2.75, 3.05) is 26.0 Å². The lowest BCUT2D eigenvalue weighted by atomic mass is 10.1. The van der Waals surface area contributed by atoms with Crippen LogP contribution < -0.4 is 10.1 Å². The number of ether oxygens (including phenoxy) is 1. The lowest BCUT2D eigenvalue weighted by Crippen LogP contribution is -2.22. The average Bonchev–Trinajstić information content (AvgIpc) is 2.98. The van der Waals surface area contributed by atoms with Crippen LogP contribution in [0.2, 0.25) is 0 Å². The zero-order valence-corrected chi connectivity index (χ0v) is 14.5. The van der Waals surface area contributed by atoms with Gasteiger partial charge in [0.1, 0.15) is 5.75 Å². The van der Waals surface area contributed by atoms with Gasteiger partial charge in [0, 0.05) is 12.1 Å². The maximum Gasteiger partial charge on any atom is 0.236 e. The molecular weight excluding hydrogens is 312 g/mol. The molecule has 0 bridgehead atoms. The van der Waals surface area contributed by atoms with Gasteiger partial charge in [-0.3, -0.25) is 9.69 Å². The number of amides is 1. The number of hydrogen-bond donors (Lipinski definition) is 1. The normalized spacial score (nSPS) is 16.5. The standard InChI is InChI=1S/C16H22N4O2S/c1-4-20(5-2)10-13-8-12(6-7-14(13)22-3)9-17-19-16-18-15(21)11-23-16/h6-9H,4-5,10-11H2,1-3H3,(H,18,19,21). The minimum Gasteiger partial charge on any atom is -0.496 e. The predicted octanol–water partition coefficient (Wildman–Crippen LogP) is 2.09. The second kappa shape index (κ2) is 8.69. The molecule has 6 nitrogen and oxygen atoms in total. The number of methoxy groups -OCH3 is 1. The van der Waals surface area contributed by atoms with Gasteiger partial charge in [-0.05, 0) is 36.9 Å². The lowest BCUT2D eigenvalue weighted by Gasteiger charge is -2.19. The third kappa shape index (κ3) is 5.07. The summed E-state index contributed by atoms with van der Waals surface area (Å²) in [5.41, 5.74) is 2.07. The van der Waals surface area contributed by atoms with E-state index in [0.717, 1.165) is 36.5 Å². The van der Waals surface area contributed by atoms with Crippen LogP contribution in [0.25, 0.3) is 0 Å². The number of rotatable bonds is 7. The maximum absolute atomic E-state index is 11.1. The summed E-state index contributed by atoms with van der Waals surface area (Å²) in [4.78, 5) is 13.4. The first-order chi connectivity index (χ1) is 11.2. The first-order valence-electron chi connectivity index (χ1n) is 7.59. The zero-order chi connectivity index (χ0) is 16.7. The van der Waals surface area contributed by atoms with Gasteiger partial charge in [0.2, 0.25) is 5.91 Å². The van der Waals surface area contributed by atoms with Crippen molar-refractivity contribution in [1.82, 2.24) is 10.2 Å². The summed E-state index contributed by atoms with van der Waals surface area (Å²) in [6, 6.07) is 5.94. The van der Waals surface area contributed by atoms with Gasteiger partial charge in [0.05, 0.1) is 19.1 Å². The van der Waals surface area contributed by atoms with Crippen molar-refractivity contribution in [3.63, 3.8) is 0 Å². The molecule has 23 heavy (non-hydrogen) atoms. The van der Waals surface area contributed by atoms with E-state index in [9.17, 15) is 4.79 Å². The molecule has 0 saturated carbocycles. The van der Waals surface area contributed by atoms with E-state index in [1.165, 1.54) is 11.8 Å². The van der Waals surface area contributed by atoms with Gasteiger partial charge in [-0.15, -0.1) is 5.10 Å². The van der Waals surface area contributed by atoms with E-state index in [1.54, 1.807) is 13.3 Å². The fourth-order valence-corrected chi connectivity index (χ4v) is 2.85. The van der Waals surface area contributed by atoms with Crippen LogP contribution >= 0.6 is 11.8 Å². The Morgan fingerprint density at radius 1 is 1.39 bits per heavy atom. The van der Waals surface area contributed by atoms with Gasteiger partial charge in [-0.2, -0.15) is 5.10 Å². The topological polar surface area (TPSA) is 66.3 Å². The Labute approximate surface area is 141 Å². The molecule has 1 heterocycles. The highest BCUT2D eigenvalue weighted by atomic mass is 32.2. The Morgan fingerprint density at radius 3 is 2.78 bits per heavy atom. The molecule has 1 N–H and O–H groups in total. The molecule has 1 aliphatic rings. The van der Waals surface area contributed by atoms with E-state index in [-0.39, 0.29) is 5.91 Å². The molecule has 1 aromatic rings. The third-order valence-electron chi connectivity index (χ3n) is 3.53. The molecule has 0 radical (unpaired) electrons. The van der Waals surface area contributed by atoms with E-state index in [1.807, 2.05) is 12.1 Å². The molecule has 1 aliphatic heterocycles. The number of thioether (sulfide) groups is 1. The Bertz CT molecular complexity index is 612. The number of nitrogens with zero attached hydrogens (tertiary/aromatic N) is 3. The smallest absolute Gasteiger partial charge is 0.236 e. The summed E-state index contributed by atoms with van der Waals surface area (Å²) >= 11 is 1.36. The summed E-state index contributed by atoms with van der Waals surface area (Å²) in [5.74, 6) is 1.25. The van der Waals surface area contributed by atoms with Gasteiger partial charge < -0.3 is 10.1 Å². The van der Waals surface area contributed by atoms with Crippen LogP contribution in [0.4, 0.5) is 0 Å². The molecule has 1 fully saturated rings. The van der Waals surface area contributed by atoms with Crippen molar-refractivity contribution in [1.29, 1.82) is 0 Å². The maximum atomic E-state index is 11.1. The number of nitrogens with one attached hydrogen (secondary N) is 1. The molecule has 0 aliphatic carbocycles. The monoisotopic (exact) mass is 334 g/mol. The van der Waals surface area contributed by atoms with E-state index in [4.69, 9.17) is 4.74 Å². The molecule has 124 valence electrons. The first kappa shape index (κ1) is 17.5. The number of carbonyl (C=O) groups is 1. The molecule has 0 spiro atoms. The van der Waals surface area contributed by atoms with Crippen molar-refractivity contribution in [3.8, 4) is 5.75 Å². The van der Waals surface area contributed by atoms with Crippen molar-refractivity contribution in [2.45, 2.75) is 20.4 Å². The second-order valence-electron chi connectivity index (χ2n) is 5.02. The van der Waals surface area contributed by atoms with Crippen LogP contribution in [0.5, 0.6) is 5.75 Å². The second-order valence-corrected chi connectivity index (χ2v) is 5.98. The van der Waals surface area contributed by atoms with Crippen LogP contribution in [0, 0.1) is 0 Å². The Kier molecular flexibility index (Phi) is 6.61. The molecule has 1 aromatic carbocycles. The quantitative estimate of drug-likeness (QED) is 0.612. The molecule has 0 aromatic heterocycles. The van der Waals surface area contributed by atoms with E-state index in [0.29, 0.717) is 10.9 Å². The van der Waals surface area contributed by atoms with Crippen LogP contribution in [0.15, 0.2) is 28.4 Å². The van der Waals surface area contributed by atoms with E-state index >= 15 is 0 Å². The van der Waals surface area contributed by atoms with Crippen LogP contribution in [0.1, 0.15) is 25.0 Å².